The van der Waals surface area contributed by atoms with Gasteiger partial charge < -0.3 is 4.90 Å². The van der Waals surface area contributed by atoms with E-state index in [1.54, 1.807) is 0 Å². The minimum absolute atomic E-state index is 0.0374. The van der Waals surface area contributed by atoms with Gasteiger partial charge in [-0.15, -0.1) is 11.3 Å². The Hall–Kier alpha value is -6.43. The zero-order chi connectivity index (χ0) is 45.2. The van der Waals surface area contributed by atoms with E-state index in [-0.39, 0.29) is 10.8 Å². The maximum Gasteiger partial charge on any atom is 0.182 e. The van der Waals surface area contributed by atoms with Crippen LogP contribution in [0.1, 0.15) is 74.9 Å². The Morgan fingerprint density at radius 2 is 0.940 bits per heavy atom. The molecule has 4 aliphatic rings. The van der Waals surface area contributed by atoms with Gasteiger partial charge in [-0.05, 0) is 136 Å². The van der Waals surface area contributed by atoms with Crippen molar-refractivity contribution in [2.75, 3.05) is 4.90 Å². The molecule has 0 fully saturated rings. The molecule has 322 valence electrons. The maximum atomic E-state index is 2.65. The lowest BCUT2D eigenvalue weighted by Crippen LogP contribution is -2.70. The average molecular weight is 912 g/mol. The topological polar surface area (TPSA) is 3.24 Å². The van der Waals surface area contributed by atoms with Crippen LogP contribution in [-0.2, 0) is 16.2 Å². The summed E-state index contributed by atoms with van der Waals surface area (Å²) in [4.78, 5) is 5.31. The Kier molecular flexibility index (Phi) is 8.06. The van der Waals surface area contributed by atoms with Crippen molar-refractivity contribution >= 4 is 89.2 Å². The van der Waals surface area contributed by atoms with Crippen LogP contribution < -0.4 is 25.6 Å². The van der Waals surface area contributed by atoms with Crippen molar-refractivity contribution in [3.63, 3.8) is 0 Å². The Labute approximate surface area is 402 Å². The molecule has 2 spiro atoms. The van der Waals surface area contributed by atoms with Crippen LogP contribution in [0.3, 0.4) is 0 Å². The summed E-state index contributed by atoms with van der Waals surface area (Å²) >= 11 is 3.86. The number of benzene rings is 9. The second-order valence-electron chi connectivity index (χ2n) is 21.2. The van der Waals surface area contributed by atoms with Gasteiger partial charge >= 0.3 is 0 Å². The molecule has 14 rings (SSSR count). The van der Waals surface area contributed by atoms with E-state index in [0.29, 0.717) is 0 Å². The van der Waals surface area contributed by atoms with Gasteiger partial charge in [-0.25, -0.2) is 0 Å². The van der Waals surface area contributed by atoms with Crippen LogP contribution in [0.5, 0.6) is 0 Å². The SMILES string of the molecule is CC(C)(C)c1ccc2c(c1)C1(c3cc(C(C)(C)C)ccc3S2)c2ccccc2N(c2ccc3c(c2)[Si]2(c4ccccc4-c4ccccc42)c2ccccc2-3)c2cc3sc4ccccc4c3cc21. The van der Waals surface area contributed by atoms with Crippen LogP contribution in [0.25, 0.3) is 42.4 Å². The molecule has 9 aromatic carbocycles. The highest BCUT2D eigenvalue weighted by molar-refractivity contribution is 7.99. The predicted molar refractivity (Wildman–Crippen MR) is 289 cm³/mol. The van der Waals surface area contributed by atoms with Gasteiger partial charge in [-0.1, -0.05) is 193 Å². The third-order valence-corrected chi connectivity index (χ3v) is 22.9. The Morgan fingerprint density at radius 3 is 1.55 bits per heavy atom. The number of hydrogen-bond acceptors (Lipinski definition) is 3. The van der Waals surface area contributed by atoms with Crippen LogP contribution in [0.2, 0.25) is 0 Å². The Balaban J connectivity index is 1.12. The molecule has 0 radical (unpaired) electrons. The normalized spacial score (nSPS) is 15.5. The van der Waals surface area contributed by atoms with Crippen LogP contribution in [0.15, 0.2) is 198 Å². The van der Waals surface area contributed by atoms with Crippen molar-refractivity contribution in [3.05, 3.63) is 221 Å². The van der Waals surface area contributed by atoms with Crippen molar-refractivity contribution in [1.82, 2.24) is 0 Å². The maximum absolute atomic E-state index is 2.71. The molecule has 10 aromatic rings. The highest BCUT2D eigenvalue weighted by Crippen LogP contribution is 2.64. The molecule has 0 bridgehead atoms. The molecule has 0 aliphatic carbocycles. The molecular formula is C63H49NS2Si. The van der Waals surface area contributed by atoms with E-state index >= 15 is 0 Å². The first kappa shape index (κ1) is 39.7. The third-order valence-electron chi connectivity index (χ3n) is 15.6. The second kappa shape index (κ2) is 13.6. The first-order valence-corrected chi connectivity index (χ1v) is 27.4. The van der Waals surface area contributed by atoms with Gasteiger partial charge in [0.15, 0.2) is 8.07 Å². The Bertz CT molecular complexity index is 3660. The largest absolute Gasteiger partial charge is 0.310 e. The molecule has 67 heavy (non-hydrogen) atoms. The van der Waals surface area contributed by atoms with E-state index in [4.69, 9.17) is 0 Å². The predicted octanol–water partition coefficient (Wildman–Crippen LogP) is 14.6. The summed E-state index contributed by atoms with van der Waals surface area (Å²) in [5.74, 6) is 0. The number of hydrogen-bond donors (Lipinski definition) is 0. The summed E-state index contributed by atoms with van der Waals surface area (Å²) in [6.07, 6.45) is 0. The number of thiophene rings is 1. The van der Waals surface area contributed by atoms with Gasteiger partial charge in [0, 0.05) is 35.7 Å². The molecule has 4 heteroatoms. The average Bonchev–Trinajstić information content (AvgIpc) is 3.96. The van der Waals surface area contributed by atoms with Crippen molar-refractivity contribution < 1.29 is 0 Å². The molecule has 0 saturated carbocycles. The number of anilines is 3. The minimum atomic E-state index is -2.71. The van der Waals surface area contributed by atoms with Crippen molar-refractivity contribution in [1.29, 1.82) is 0 Å². The molecule has 4 aliphatic heterocycles. The highest BCUT2D eigenvalue weighted by atomic mass is 32.2. The van der Waals surface area contributed by atoms with E-state index in [1.165, 1.54) is 123 Å². The van der Waals surface area contributed by atoms with Crippen molar-refractivity contribution in [3.8, 4) is 22.3 Å². The van der Waals surface area contributed by atoms with Crippen LogP contribution in [-0.4, -0.2) is 8.07 Å². The van der Waals surface area contributed by atoms with Gasteiger partial charge in [0.1, 0.15) is 0 Å². The zero-order valence-corrected chi connectivity index (χ0v) is 41.3. The molecular weight excluding hydrogens is 863 g/mol. The summed E-state index contributed by atoms with van der Waals surface area (Å²) in [7, 11) is -2.71. The third kappa shape index (κ3) is 5.16. The van der Waals surface area contributed by atoms with Crippen LogP contribution >= 0.6 is 23.1 Å². The highest BCUT2D eigenvalue weighted by Gasteiger charge is 2.55. The number of fused-ring (bicyclic) bond motifs is 21. The monoisotopic (exact) mass is 911 g/mol. The quantitative estimate of drug-likeness (QED) is 0.151. The van der Waals surface area contributed by atoms with Crippen LogP contribution in [0.4, 0.5) is 17.1 Å². The van der Waals surface area contributed by atoms with Gasteiger partial charge in [0.05, 0.1) is 16.8 Å². The van der Waals surface area contributed by atoms with Gasteiger partial charge in [-0.2, -0.15) is 0 Å². The van der Waals surface area contributed by atoms with Gasteiger partial charge in [-0.3, -0.25) is 0 Å². The molecule has 1 nitrogen and oxygen atoms in total. The molecule has 0 amide bonds. The fraction of sp³-hybridized carbons (Fsp3) is 0.143. The van der Waals surface area contributed by atoms with Crippen molar-refractivity contribution in [2.24, 2.45) is 0 Å². The molecule has 0 atom stereocenters. The zero-order valence-electron chi connectivity index (χ0n) is 38.7. The van der Waals surface area contributed by atoms with E-state index < -0.39 is 13.5 Å². The summed E-state index contributed by atoms with van der Waals surface area (Å²) in [6.45, 7) is 14.2. The smallest absolute Gasteiger partial charge is 0.182 e. The summed E-state index contributed by atoms with van der Waals surface area (Å²) in [5.41, 5.74) is 16.7. The number of rotatable bonds is 1. The molecule has 1 aromatic heterocycles. The first-order chi connectivity index (χ1) is 32.5. The van der Waals surface area contributed by atoms with Gasteiger partial charge in [0.2, 0.25) is 0 Å². The van der Waals surface area contributed by atoms with E-state index in [1.807, 2.05) is 23.1 Å². The van der Waals surface area contributed by atoms with E-state index in [2.05, 4.69) is 234 Å². The standard InChI is InChI=1S/C63H49NS2Si/c1-61(2,3)38-27-31-54-49(33-38)63(50-34-39(62(4,5)6)28-32-55(50)66-54)47-21-11-12-22-51(47)64(52-37-56-46(36-48(52)63)41-17-7-13-23-53(41)65-56)40-29-30-45-44-20-10-16-26-59(44)67(60(45)35-40)57-24-14-8-18-42(57)43-19-9-15-25-58(43)67/h7-37H,1-6H3. The van der Waals surface area contributed by atoms with Gasteiger partial charge in [0.25, 0.3) is 0 Å². The lowest BCUT2D eigenvalue weighted by Gasteiger charge is -2.49. The summed E-state index contributed by atoms with van der Waals surface area (Å²) in [6, 6.07) is 73.9. The molecule has 5 heterocycles. The number of nitrogens with zero attached hydrogens (tertiary/aromatic N) is 1. The molecule has 0 saturated heterocycles. The molecule has 0 N–H and O–H groups in total. The van der Waals surface area contributed by atoms with E-state index in [9.17, 15) is 0 Å². The molecule has 0 unspecified atom stereocenters. The summed E-state index contributed by atoms with van der Waals surface area (Å²) < 4.78 is 2.64. The number of para-hydroxylation sites is 1. The Morgan fingerprint density at radius 1 is 0.403 bits per heavy atom. The fourth-order valence-corrected chi connectivity index (χ4v) is 20.5. The first-order valence-electron chi connectivity index (χ1n) is 23.7. The van der Waals surface area contributed by atoms with E-state index in [0.717, 1.165) is 0 Å². The van der Waals surface area contributed by atoms with Crippen molar-refractivity contribution in [2.45, 2.75) is 67.6 Å². The lowest BCUT2D eigenvalue weighted by molar-refractivity contribution is 0.579. The van der Waals surface area contributed by atoms with Crippen LogP contribution in [0, 0.1) is 0 Å². The summed E-state index contributed by atoms with van der Waals surface area (Å²) in [5, 5.41) is 8.64. The lowest BCUT2D eigenvalue weighted by atomic mass is 9.61. The fourth-order valence-electron chi connectivity index (χ4n) is 12.6. The second-order valence-corrected chi connectivity index (χ2v) is 27.0. The minimum Gasteiger partial charge on any atom is -0.310 e.